The van der Waals surface area contributed by atoms with Crippen molar-refractivity contribution < 1.29 is 63.5 Å². The molecular weight excluding hydrogens is 496 g/mol. The number of hydrogen-bond donors (Lipinski definition) is 5. The van der Waals surface area contributed by atoms with Crippen LogP contribution in [0.3, 0.4) is 0 Å². The Morgan fingerprint density at radius 2 is 1.24 bits per heavy atom. The summed E-state index contributed by atoms with van der Waals surface area (Å²) in [4.78, 5) is 20.6. The van der Waals surface area contributed by atoms with E-state index in [1.165, 1.54) is 28.1 Å². The largest absolute Gasteiger partial charge is 0.454 e. The van der Waals surface area contributed by atoms with Gasteiger partial charge in [-0.15, -0.1) is 0 Å². The van der Waals surface area contributed by atoms with Crippen molar-refractivity contribution in [2.75, 3.05) is 27.4 Å². The lowest BCUT2D eigenvalue weighted by Gasteiger charge is -2.41. The minimum Gasteiger partial charge on any atom is -0.454 e. The molecule has 0 radical (unpaired) electrons. The van der Waals surface area contributed by atoms with Crippen LogP contribution in [0.1, 0.15) is 42.5 Å². The van der Waals surface area contributed by atoms with Crippen LogP contribution in [0.4, 0.5) is 0 Å². The highest BCUT2D eigenvalue weighted by Crippen LogP contribution is 2.28. The van der Waals surface area contributed by atoms with Gasteiger partial charge in [0.2, 0.25) is 0 Å². The summed E-state index contributed by atoms with van der Waals surface area (Å²) in [6.45, 7) is 8.75. The first-order valence-corrected chi connectivity index (χ1v) is 11.0. The van der Waals surface area contributed by atoms with Gasteiger partial charge in [-0.05, 0) is 0 Å². The second-order valence-electron chi connectivity index (χ2n) is 7.96. The predicted octanol–water partition coefficient (Wildman–Crippen LogP) is -0.0482. The SMILES string of the molecule is C.C.C=COC(C)=O.COC1OC(CO)C(C)C(O)C1O.COC1OC(CO)C(C)C(O)C1OC(C)=O. The van der Waals surface area contributed by atoms with Gasteiger partial charge < -0.3 is 54.0 Å². The Morgan fingerprint density at radius 3 is 1.57 bits per heavy atom. The third-order valence-electron chi connectivity index (χ3n) is 5.48. The number of rotatable bonds is 6. The highest BCUT2D eigenvalue weighted by atomic mass is 16.7. The Hall–Kier alpha value is -1.68. The predicted molar refractivity (Wildman–Crippen MR) is 133 cm³/mol. The van der Waals surface area contributed by atoms with E-state index >= 15 is 0 Å². The molecule has 0 bridgehead atoms. The van der Waals surface area contributed by atoms with Gasteiger partial charge in [-0.3, -0.25) is 9.59 Å². The number of carbonyl (C=O) groups is 2. The first-order chi connectivity index (χ1) is 16.4. The van der Waals surface area contributed by atoms with Gasteiger partial charge in [0.05, 0.1) is 37.8 Å². The van der Waals surface area contributed by atoms with Crippen LogP contribution in [0.2, 0.25) is 0 Å². The van der Waals surface area contributed by atoms with E-state index in [4.69, 9.17) is 33.9 Å². The van der Waals surface area contributed by atoms with Crippen LogP contribution in [0.15, 0.2) is 12.8 Å². The summed E-state index contributed by atoms with van der Waals surface area (Å²) in [5, 5.41) is 46.9. The summed E-state index contributed by atoms with van der Waals surface area (Å²) in [6, 6.07) is 0. The summed E-state index contributed by atoms with van der Waals surface area (Å²) in [7, 11) is 2.77. The van der Waals surface area contributed by atoms with E-state index in [2.05, 4.69) is 11.3 Å². The van der Waals surface area contributed by atoms with E-state index < -0.39 is 55.2 Å². The van der Waals surface area contributed by atoms with Gasteiger partial charge >= 0.3 is 11.9 Å². The summed E-state index contributed by atoms with van der Waals surface area (Å²) >= 11 is 0. The Morgan fingerprint density at radius 1 is 0.811 bits per heavy atom. The number of aliphatic hydroxyl groups is 5. The van der Waals surface area contributed by atoms with Crippen molar-refractivity contribution in [1.82, 2.24) is 0 Å². The minimum absolute atomic E-state index is 0. The van der Waals surface area contributed by atoms with Crippen LogP contribution < -0.4 is 0 Å². The average Bonchev–Trinajstić information content (AvgIpc) is 2.81. The highest BCUT2D eigenvalue weighted by Gasteiger charge is 2.45. The number of ether oxygens (including phenoxy) is 6. The van der Waals surface area contributed by atoms with E-state index in [1.54, 1.807) is 13.8 Å². The normalized spacial score (nSPS) is 34.5. The molecule has 0 aromatic heterocycles. The third kappa shape index (κ3) is 12.6. The average molecular weight is 545 g/mol. The maximum atomic E-state index is 10.9. The van der Waals surface area contributed by atoms with Gasteiger partial charge in [0, 0.05) is 39.9 Å². The molecule has 10 atom stereocenters. The molecule has 0 aliphatic carbocycles. The van der Waals surface area contributed by atoms with E-state index in [1.807, 2.05) is 0 Å². The van der Waals surface area contributed by atoms with Gasteiger partial charge in [0.1, 0.15) is 12.2 Å². The Kier molecular flexibility index (Phi) is 21.9. The van der Waals surface area contributed by atoms with E-state index in [-0.39, 0.29) is 45.9 Å². The molecule has 2 heterocycles. The second-order valence-corrected chi connectivity index (χ2v) is 7.96. The lowest BCUT2D eigenvalue weighted by atomic mass is 9.91. The van der Waals surface area contributed by atoms with Gasteiger partial charge in [0.25, 0.3) is 0 Å². The molecular formula is C24H48O13. The molecule has 37 heavy (non-hydrogen) atoms. The lowest BCUT2D eigenvalue weighted by molar-refractivity contribution is -0.284. The zero-order valence-corrected chi connectivity index (χ0v) is 21.0. The highest BCUT2D eigenvalue weighted by molar-refractivity contribution is 5.66. The van der Waals surface area contributed by atoms with Crippen molar-refractivity contribution in [2.45, 2.75) is 91.8 Å². The maximum absolute atomic E-state index is 10.9. The van der Waals surface area contributed by atoms with Gasteiger partial charge in [-0.25, -0.2) is 0 Å². The Bertz CT molecular complexity index is 610. The number of carbonyl (C=O) groups excluding carboxylic acids is 2. The van der Waals surface area contributed by atoms with Crippen molar-refractivity contribution in [3.8, 4) is 0 Å². The maximum Gasteiger partial charge on any atom is 0.307 e. The van der Waals surface area contributed by atoms with Crippen molar-refractivity contribution >= 4 is 11.9 Å². The summed E-state index contributed by atoms with van der Waals surface area (Å²) in [5.74, 6) is -1.47. The molecule has 0 aromatic carbocycles. The molecule has 2 rings (SSSR count). The Labute approximate surface area is 219 Å². The quantitative estimate of drug-likeness (QED) is 0.221. The molecule has 0 spiro atoms. The van der Waals surface area contributed by atoms with Crippen LogP contribution in [-0.2, 0) is 38.0 Å². The smallest absolute Gasteiger partial charge is 0.307 e. The van der Waals surface area contributed by atoms with Crippen LogP contribution in [0, 0.1) is 11.8 Å². The fourth-order valence-corrected chi connectivity index (χ4v) is 3.36. The van der Waals surface area contributed by atoms with Gasteiger partial charge in [-0.2, -0.15) is 0 Å². The van der Waals surface area contributed by atoms with Crippen LogP contribution >= 0.6 is 0 Å². The standard InChI is InChI=1S/C10H18O6.C8H16O5.C4H6O2.2CH4/c1-5-7(4-11)16-10(14-3)9(8(5)13)15-6(2)12;1-4-5(3-9)13-8(12-2)7(11)6(4)10;1-3-6-4(2)5;;/h5,7-11,13H,4H2,1-3H3;4-11H,3H2,1-2H3;3H,1H2,2H3;2*1H4. The monoisotopic (exact) mass is 544 g/mol. The lowest BCUT2D eigenvalue weighted by Crippen LogP contribution is -2.56. The molecule has 2 aliphatic rings. The van der Waals surface area contributed by atoms with Crippen molar-refractivity contribution in [1.29, 1.82) is 0 Å². The van der Waals surface area contributed by atoms with E-state index in [9.17, 15) is 24.9 Å². The van der Waals surface area contributed by atoms with Crippen LogP contribution in [0.5, 0.6) is 0 Å². The molecule has 0 amide bonds. The first-order valence-electron chi connectivity index (χ1n) is 11.0. The zero-order chi connectivity index (χ0) is 27.3. The van der Waals surface area contributed by atoms with E-state index in [0.717, 1.165) is 6.26 Å². The molecule has 13 nitrogen and oxygen atoms in total. The van der Waals surface area contributed by atoms with Crippen molar-refractivity contribution in [3.05, 3.63) is 12.8 Å². The van der Waals surface area contributed by atoms with Crippen LogP contribution in [-0.4, -0.2) is 114 Å². The number of aliphatic hydroxyl groups excluding tert-OH is 5. The van der Waals surface area contributed by atoms with Crippen molar-refractivity contribution in [2.24, 2.45) is 11.8 Å². The summed E-state index contributed by atoms with van der Waals surface area (Å²) in [6.07, 6.45) is -5.37. The molecule has 13 heteroatoms. The minimum atomic E-state index is -1.05. The molecule has 5 N–H and O–H groups in total. The molecule has 2 fully saturated rings. The molecule has 0 saturated carbocycles. The summed E-state index contributed by atoms with van der Waals surface area (Å²) in [5.41, 5.74) is 0. The topological polar surface area (TPSA) is 191 Å². The number of esters is 2. The first kappa shape index (κ1) is 39.8. The van der Waals surface area contributed by atoms with Crippen LogP contribution in [0.25, 0.3) is 0 Å². The second kappa shape index (κ2) is 20.3. The fourth-order valence-electron chi connectivity index (χ4n) is 3.36. The van der Waals surface area contributed by atoms with E-state index in [0.29, 0.717) is 0 Å². The molecule has 2 aliphatic heterocycles. The molecule has 2 saturated heterocycles. The summed E-state index contributed by atoms with van der Waals surface area (Å²) < 4.78 is 29.5. The molecule has 0 aromatic rings. The fraction of sp³-hybridized carbons (Fsp3) is 0.833. The van der Waals surface area contributed by atoms with Crippen molar-refractivity contribution in [3.63, 3.8) is 0 Å². The number of hydrogen-bond acceptors (Lipinski definition) is 13. The number of methoxy groups -OCH3 is 2. The third-order valence-corrected chi connectivity index (χ3v) is 5.48. The van der Waals surface area contributed by atoms with Gasteiger partial charge in [-0.1, -0.05) is 35.3 Å². The molecule has 222 valence electrons. The van der Waals surface area contributed by atoms with Gasteiger partial charge in [0.15, 0.2) is 18.7 Å². The zero-order valence-electron chi connectivity index (χ0n) is 21.0. The molecule has 10 unspecified atom stereocenters. The Balaban J connectivity index is -0.000000498.